The van der Waals surface area contributed by atoms with Crippen molar-refractivity contribution in [2.24, 2.45) is 5.92 Å². The van der Waals surface area contributed by atoms with Crippen LogP contribution in [0.1, 0.15) is 45.4 Å². The fraction of sp³-hybridized carbons (Fsp3) is 0.750. The molecule has 0 bridgehead atoms. The lowest BCUT2D eigenvalue weighted by Gasteiger charge is -2.26. The van der Waals surface area contributed by atoms with E-state index < -0.39 is 10.0 Å². The summed E-state index contributed by atoms with van der Waals surface area (Å²) in [5, 5.41) is 0.178. The number of hydrogen-bond donors (Lipinski definition) is 2. The summed E-state index contributed by atoms with van der Waals surface area (Å²) in [5.74, 6) is 1.30. The van der Waals surface area contributed by atoms with Crippen molar-refractivity contribution >= 4 is 10.0 Å². The quantitative estimate of drug-likeness (QED) is 0.877. The highest BCUT2D eigenvalue weighted by atomic mass is 32.2. The second kappa shape index (κ2) is 5.40. The topological polar surface area (TPSA) is 74.8 Å². The predicted molar refractivity (Wildman–Crippen MR) is 69.7 cm³/mol. The third kappa shape index (κ3) is 3.11. The Kier molecular flexibility index (Phi) is 4.07. The highest BCUT2D eigenvalue weighted by Crippen LogP contribution is 2.24. The zero-order chi connectivity index (χ0) is 13.2. The minimum atomic E-state index is -3.44. The van der Waals surface area contributed by atoms with E-state index in [2.05, 4.69) is 21.6 Å². The molecule has 1 saturated carbocycles. The normalized spacial score (nSPS) is 25.2. The molecule has 6 heteroatoms. The second-order valence-corrected chi connectivity index (χ2v) is 6.82. The van der Waals surface area contributed by atoms with E-state index in [9.17, 15) is 8.42 Å². The maximum absolute atomic E-state index is 12.2. The van der Waals surface area contributed by atoms with E-state index in [1.54, 1.807) is 0 Å². The number of aryl methyl sites for hydroxylation is 1. The predicted octanol–water partition coefficient (Wildman–Crippen LogP) is 1.83. The van der Waals surface area contributed by atoms with Crippen molar-refractivity contribution in [1.29, 1.82) is 0 Å². The highest BCUT2D eigenvalue weighted by molar-refractivity contribution is 7.89. The molecular formula is C12H21N3O2S. The molecule has 1 fully saturated rings. The molecule has 0 aliphatic heterocycles. The fourth-order valence-corrected chi connectivity index (χ4v) is 3.71. The van der Waals surface area contributed by atoms with Crippen LogP contribution in [0.15, 0.2) is 11.2 Å². The number of sulfonamides is 1. The summed E-state index contributed by atoms with van der Waals surface area (Å²) in [5.41, 5.74) is 0. The summed E-state index contributed by atoms with van der Waals surface area (Å²) >= 11 is 0. The van der Waals surface area contributed by atoms with Crippen molar-refractivity contribution in [3.63, 3.8) is 0 Å². The lowest BCUT2D eigenvalue weighted by atomic mass is 9.88. The van der Waals surface area contributed by atoms with Crippen molar-refractivity contribution in [3.05, 3.63) is 12.0 Å². The van der Waals surface area contributed by atoms with Crippen LogP contribution in [0.2, 0.25) is 0 Å². The number of aromatic amines is 1. The maximum atomic E-state index is 12.2. The van der Waals surface area contributed by atoms with Crippen LogP contribution in [-0.4, -0.2) is 24.4 Å². The van der Waals surface area contributed by atoms with Gasteiger partial charge in [0.1, 0.15) is 5.82 Å². The van der Waals surface area contributed by atoms with Gasteiger partial charge < -0.3 is 4.98 Å². The Morgan fingerprint density at radius 2 is 2.28 bits per heavy atom. The van der Waals surface area contributed by atoms with E-state index in [0.717, 1.165) is 19.3 Å². The molecule has 5 nitrogen and oxygen atoms in total. The molecule has 1 aromatic heterocycles. The molecule has 0 amide bonds. The Balaban J connectivity index is 2.06. The summed E-state index contributed by atoms with van der Waals surface area (Å²) in [4.78, 5) is 6.88. The van der Waals surface area contributed by atoms with Gasteiger partial charge in [-0.2, -0.15) is 0 Å². The monoisotopic (exact) mass is 271 g/mol. The SMILES string of the molecule is CCc1ncc(S(=O)(=O)NC2CCCC(C)C2)[nH]1. The molecule has 2 unspecified atom stereocenters. The molecule has 0 spiro atoms. The highest BCUT2D eigenvalue weighted by Gasteiger charge is 2.25. The number of H-pyrrole nitrogens is 1. The molecule has 2 rings (SSSR count). The van der Waals surface area contributed by atoms with Crippen LogP contribution in [-0.2, 0) is 16.4 Å². The van der Waals surface area contributed by atoms with Gasteiger partial charge in [-0.05, 0) is 18.8 Å². The summed E-state index contributed by atoms with van der Waals surface area (Å²) in [6.45, 7) is 4.11. The van der Waals surface area contributed by atoms with Crippen molar-refractivity contribution in [1.82, 2.24) is 14.7 Å². The van der Waals surface area contributed by atoms with Crippen LogP contribution in [0.4, 0.5) is 0 Å². The van der Waals surface area contributed by atoms with Gasteiger partial charge in [0.05, 0.1) is 6.20 Å². The molecule has 18 heavy (non-hydrogen) atoms. The van der Waals surface area contributed by atoms with Crippen LogP contribution in [0.5, 0.6) is 0 Å². The van der Waals surface area contributed by atoms with Gasteiger partial charge in [-0.15, -0.1) is 0 Å². The van der Waals surface area contributed by atoms with Crippen LogP contribution in [0.3, 0.4) is 0 Å². The number of nitrogens with one attached hydrogen (secondary N) is 2. The van der Waals surface area contributed by atoms with Crippen molar-refractivity contribution < 1.29 is 8.42 Å². The molecule has 0 aromatic carbocycles. The maximum Gasteiger partial charge on any atom is 0.257 e. The van der Waals surface area contributed by atoms with Crippen LogP contribution >= 0.6 is 0 Å². The van der Waals surface area contributed by atoms with Crippen molar-refractivity contribution in [3.8, 4) is 0 Å². The van der Waals surface area contributed by atoms with Crippen LogP contribution in [0, 0.1) is 5.92 Å². The van der Waals surface area contributed by atoms with Gasteiger partial charge in [-0.1, -0.05) is 26.7 Å². The number of aromatic nitrogens is 2. The fourth-order valence-electron chi connectivity index (χ4n) is 2.48. The smallest absolute Gasteiger partial charge is 0.257 e. The Hall–Kier alpha value is -0.880. The minimum absolute atomic E-state index is 0.0622. The summed E-state index contributed by atoms with van der Waals surface area (Å²) in [7, 11) is -3.44. The van der Waals surface area contributed by atoms with Gasteiger partial charge in [-0.3, -0.25) is 0 Å². The number of nitrogens with zero attached hydrogens (tertiary/aromatic N) is 1. The Morgan fingerprint density at radius 3 is 2.89 bits per heavy atom. The molecule has 1 aromatic rings. The van der Waals surface area contributed by atoms with E-state index in [1.807, 2.05) is 6.92 Å². The van der Waals surface area contributed by atoms with Gasteiger partial charge >= 0.3 is 0 Å². The molecule has 0 radical (unpaired) electrons. The average Bonchev–Trinajstić information content (AvgIpc) is 2.77. The lowest BCUT2D eigenvalue weighted by Crippen LogP contribution is -2.38. The van der Waals surface area contributed by atoms with Crippen molar-refractivity contribution in [2.75, 3.05) is 0 Å². The van der Waals surface area contributed by atoms with Gasteiger partial charge in [0.25, 0.3) is 10.0 Å². The first-order valence-corrected chi connectivity index (χ1v) is 8.05. The second-order valence-electron chi connectivity index (χ2n) is 5.14. The Bertz CT molecular complexity index is 495. The molecule has 2 atom stereocenters. The molecule has 1 heterocycles. The van der Waals surface area contributed by atoms with Gasteiger partial charge in [-0.25, -0.2) is 18.1 Å². The summed E-state index contributed by atoms with van der Waals surface area (Å²) < 4.78 is 27.1. The zero-order valence-electron chi connectivity index (χ0n) is 10.9. The number of imidazole rings is 1. The summed E-state index contributed by atoms with van der Waals surface area (Å²) in [6, 6.07) is 0.0622. The van der Waals surface area contributed by atoms with E-state index in [4.69, 9.17) is 0 Å². The molecular weight excluding hydrogens is 250 g/mol. The lowest BCUT2D eigenvalue weighted by molar-refractivity contribution is 0.327. The van der Waals surface area contributed by atoms with Gasteiger partial charge in [0.15, 0.2) is 5.03 Å². The third-order valence-corrected chi connectivity index (χ3v) is 4.92. The van der Waals surface area contributed by atoms with E-state index in [0.29, 0.717) is 18.2 Å². The molecule has 102 valence electrons. The standard InChI is InChI=1S/C12H21N3O2S/c1-3-11-13-8-12(14-11)18(16,17)15-10-6-4-5-9(2)7-10/h8-10,15H,3-7H2,1-2H3,(H,13,14). The van der Waals surface area contributed by atoms with Crippen LogP contribution < -0.4 is 4.72 Å². The minimum Gasteiger partial charge on any atom is -0.332 e. The van der Waals surface area contributed by atoms with Gasteiger partial charge in [0, 0.05) is 12.5 Å². The molecule has 0 saturated heterocycles. The Labute approximate surface area is 108 Å². The zero-order valence-corrected chi connectivity index (χ0v) is 11.8. The van der Waals surface area contributed by atoms with E-state index >= 15 is 0 Å². The van der Waals surface area contributed by atoms with E-state index in [-0.39, 0.29) is 11.1 Å². The molecule has 1 aliphatic rings. The van der Waals surface area contributed by atoms with Gasteiger partial charge in [0.2, 0.25) is 0 Å². The van der Waals surface area contributed by atoms with Crippen LogP contribution in [0.25, 0.3) is 0 Å². The first kappa shape index (κ1) is 13.5. The molecule has 2 N–H and O–H groups in total. The largest absolute Gasteiger partial charge is 0.332 e. The summed E-state index contributed by atoms with van der Waals surface area (Å²) in [6.07, 6.45) is 6.25. The first-order chi connectivity index (χ1) is 8.51. The van der Waals surface area contributed by atoms with E-state index in [1.165, 1.54) is 12.6 Å². The number of hydrogen-bond acceptors (Lipinski definition) is 3. The third-order valence-electron chi connectivity index (χ3n) is 3.49. The molecule has 1 aliphatic carbocycles. The first-order valence-electron chi connectivity index (χ1n) is 6.57. The number of rotatable bonds is 4. The Morgan fingerprint density at radius 1 is 1.50 bits per heavy atom. The van der Waals surface area contributed by atoms with Crippen molar-refractivity contribution in [2.45, 2.75) is 57.0 Å². The average molecular weight is 271 g/mol.